The predicted molar refractivity (Wildman–Crippen MR) is 114 cm³/mol. The van der Waals surface area contributed by atoms with Crippen molar-refractivity contribution in [2.75, 3.05) is 11.4 Å². The van der Waals surface area contributed by atoms with Gasteiger partial charge in [-0.25, -0.2) is 4.98 Å². The first-order valence-corrected chi connectivity index (χ1v) is 10.0. The van der Waals surface area contributed by atoms with Crippen LogP contribution in [0.4, 0.5) is 5.69 Å². The van der Waals surface area contributed by atoms with E-state index in [0.29, 0.717) is 13.0 Å². The Morgan fingerprint density at radius 3 is 2.62 bits per heavy atom. The van der Waals surface area contributed by atoms with Crippen molar-refractivity contribution in [3.8, 4) is 0 Å². The molecule has 0 aliphatic carbocycles. The summed E-state index contributed by atoms with van der Waals surface area (Å²) >= 11 is 0. The van der Waals surface area contributed by atoms with Gasteiger partial charge >= 0.3 is 0 Å². The van der Waals surface area contributed by atoms with Gasteiger partial charge in [-0.1, -0.05) is 29.8 Å². The molecule has 0 saturated carbocycles. The van der Waals surface area contributed by atoms with Crippen molar-refractivity contribution in [2.45, 2.75) is 45.7 Å². The van der Waals surface area contributed by atoms with Crippen LogP contribution in [0.2, 0.25) is 0 Å². The van der Waals surface area contributed by atoms with E-state index in [1.807, 2.05) is 78.8 Å². The molecule has 2 amide bonds. The summed E-state index contributed by atoms with van der Waals surface area (Å²) in [6.07, 6.45) is 0.392. The number of benzene rings is 2. The quantitative estimate of drug-likeness (QED) is 0.726. The zero-order valence-corrected chi connectivity index (χ0v) is 17.1. The Morgan fingerprint density at radius 1 is 1.17 bits per heavy atom. The average Bonchev–Trinajstić information content (AvgIpc) is 3.23. The first kappa shape index (κ1) is 19.2. The number of aromatic nitrogens is 2. The van der Waals surface area contributed by atoms with Gasteiger partial charge in [-0.15, -0.1) is 0 Å². The Bertz CT molecular complexity index is 1050. The molecule has 2 aromatic carbocycles. The number of nitrogens with zero attached hydrogens (tertiary/aromatic N) is 3. The number of anilines is 1. The number of nitrogens with one attached hydrogen (secondary N) is 1. The summed E-state index contributed by atoms with van der Waals surface area (Å²) in [6, 6.07) is 15.9. The molecule has 1 N–H and O–H groups in total. The van der Waals surface area contributed by atoms with Crippen molar-refractivity contribution >= 4 is 28.5 Å². The molecule has 1 atom stereocenters. The molecule has 6 nitrogen and oxygen atoms in total. The molecule has 6 heteroatoms. The lowest BCUT2D eigenvalue weighted by atomic mass is 10.1. The lowest BCUT2D eigenvalue weighted by Crippen LogP contribution is -2.33. The van der Waals surface area contributed by atoms with Gasteiger partial charge in [0.1, 0.15) is 12.4 Å². The molecule has 3 aromatic rings. The van der Waals surface area contributed by atoms with Crippen LogP contribution in [-0.4, -0.2) is 34.0 Å². The average molecular weight is 390 g/mol. The third-order valence-electron chi connectivity index (χ3n) is 5.27. The standard InChI is InChI=1S/C23H26N4O2/c1-15(2)24-21(28)14-27-20-7-5-4-6-19(20)25-23(27)17-12-22(29)26(13-17)18-10-8-16(3)9-11-18/h4-11,15,17H,12-14H2,1-3H3,(H,24,28)/t17-/m1/s1. The second kappa shape index (κ2) is 7.70. The number of aryl methyl sites for hydroxylation is 1. The summed E-state index contributed by atoms with van der Waals surface area (Å²) in [6.45, 7) is 6.68. The van der Waals surface area contributed by atoms with E-state index in [9.17, 15) is 9.59 Å². The van der Waals surface area contributed by atoms with Crippen molar-refractivity contribution in [3.05, 3.63) is 59.9 Å². The number of carbonyl (C=O) groups is 2. The molecule has 1 saturated heterocycles. The largest absolute Gasteiger partial charge is 0.352 e. The van der Waals surface area contributed by atoms with Crippen molar-refractivity contribution < 1.29 is 9.59 Å². The van der Waals surface area contributed by atoms with Crippen LogP contribution in [0, 0.1) is 6.92 Å². The molecule has 4 rings (SSSR count). The normalized spacial score (nSPS) is 16.8. The van der Waals surface area contributed by atoms with Crippen molar-refractivity contribution in [2.24, 2.45) is 0 Å². The van der Waals surface area contributed by atoms with Crippen molar-refractivity contribution in [1.29, 1.82) is 0 Å². The van der Waals surface area contributed by atoms with Gasteiger partial charge < -0.3 is 14.8 Å². The number of para-hydroxylation sites is 2. The highest BCUT2D eigenvalue weighted by Gasteiger charge is 2.35. The molecular weight excluding hydrogens is 364 g/mol. The highest BCUT2D eigenvalue weighted by atomic mass is 16.2. The monoisotopic (exact) mass is 390 g/mol. The summed E-state index contributed by atoms with van der Waals surface area (Å²) in [4.78, 5) is 31.9. The maximum atomic E-state index is 12.7. The number of fused-ring (bicyclic) bond motifs is 1. The van der Waals surface area contributed by atoms with Gasteiger partial charge in [0.2, 0.25) is 11.8 Å². The van der Waals surface area contributed by atoms with Crippen LogP contribution >= 0.6 is 0 Å². The minimum absolute atomic E-state index is 0.0517. The molecule has 1 aromatic heterocycles. The van der Waals surface area contributed by atoms with Crippen molar-refractivity contribution in [3.63, 3.8) is 0 Å². The molecule has 1 aliphatic rings. The van der Waals surface area contributed by atoms with E-state index in [2.05, 4.69) is 5.32 Å². The van der Waals surface area contributed by atoms with Crippen LogP contribution in [0.3, 0.4) is 0 Å². The molecule has 0 unspecified atom stereocenters. The van der Waals surface area contributed by atoms with Crippen LogP contribution in [0.15, 0.2) is 48.5 Å². The highest BCUT2D eigenvalue weighted by Crippen LogP contribution is 2.33. The van der Waals surface area contributed by atoms with Gasteiger partial charge in [0.05, 0.1) is 11.0 Å². The maximum Gasteiger partial charge on any atom is 0.240 e. The third kappa shape index (κ3) is 3.88. The van der Waals surface area contributed by atoms with Crippen LogP contribution in [-0.2, 0) is 16.1 Å². The molecule has 150 valence electrons. The summed E-state index contributed by atoms with van der Waals surface area (Å²) in [5.74, 6) is 0.782. The second-order valence-corrected chi connectivity index (χ2v) is 8.01. The molecule has 29 heavy (non-hydrogen) atoms. The summed E-state index contributed by atoms with van der Waals surface area (Å²) in [7, 11) is 0. The number of hydrogen-bond acceptors (Lipinski definition) is 3. The van der Waals surface area contributed by atoms with Gasteiger partial charge in [0, 0.05) is 30.6 Å². The summed E-state index contributed by atoms with van der Waals surface area (Å²) in [5.41, 5.74) is 3.84. The van der Waals surface area contributed by atoms with E-state index in [0.717, 1.165) is 28.1 Å². The Balaban J connectivity index is 1.66. The fourth-order valence-corrected chi connectivity index (χ4v) is 3.94. The van der Waals surface area contributed by atoms with E-state index in [-0.39, 0.29) is 30.3 Å². The molecule has 2 heterocycles. The number of imidazole rings is 1. The Labute approximate surface area is 170 Å². The molecule has 1 aliphatic heterocycles. The fourth-order valence-electron chi connectivity index (χ4n) is 3.94. The van der Waals surface area contributed by atoms with Gasteiger partial charge in [-0.3, -0.25) is 9.59 Å². The molecule has 0 radical (unpaired) electrons. The molecular formula is C23H26N4O2. The Morgan fingerprint density at radius 2 is 1.90 bits per heavy atom. The van der Waals surface area contributed by atoms with E-state index in [4.69, 9.17) is 4.98 Å². The van der Waals surface area contributed by atoms with Crippen LogP contribution in [0.1, 0.15) is 37.6 Å². The zero-order valence-electron chi connectivity index (χ0n) is 17.1. The summed E-state index contributed by atoms with van der Waals surface area (Å²) < 4.78 is 1.96. The van der Waals surface area contributed by atoms with Gasteiger partial charge in [-0.05, 0) is 45.0 Å². The second-order valence-electron chi connectivity index (χ2n) is 8.01. The third-order valence-corrected chi connectivity index (χ3v) is 5.27. The van der Waals surface area contributed by atoms with Crippen LogP contribution in [0.25, 0.3) is 11.0 Å². The smallest absolute Gasteiger partial charge is 0.240 e. The topological polar surface area (TPSA) is 67.2 Å². The summed E-state index contributed by atoms with van der Waals surface area (Å²) in [5, 5.41) is 2.95. The highest BCUT2D eigenvalue weighted by molar-refractivity contribution is 5.96. The van der Waals surface area contributed by atoms with E-state index in [1.165, 1.54) is 0 Å². The van der Waals surface area contributed by atoms with E-state index in [1.54, 1.807) is 0 Å². The van der Waals surface area contributed by atoms with Crippen LogP contribution < -0.4 is 10.2 Å². The number of hydrogen-bond donors (Lipinski definition) is 1. The Hall–Kier alpha value is -3.15. The first-order chi connectivity index (χ1) is 13.9. The van der Waals surface area contributed by atoms with E-state index < -0.39 is 0 Å². The van der Waals surface area contributed by atoms with Gasteiger partial charge in [0.15, 0.2) is 0 Å². The van der Waals surface area contributed by atoms with Gasteiger partial charge in [-0.2, -0.15) is 0 Å². The van der Waals surface area contributed by atoms with Crippen LogP contribution in [0.5, 0.6) is 0 Å². The minimum Gasteiger partial charge on any atom is -0.352 e. The number of carbonyl (C=O) groups excluding carboxylic acids is 2. The van der Waals surface area contributed by atoms with Gasteiger partial charge in [0.25, 0.3) is 0 Å². The predicted octanol–water partition coefficient (Wildman–Crippen LogP) is 3.39. The first-order valence-electron chi connectivity index (χ1n) is 10.0. The Kier molecular flexibility index (Phi) is 5.09. The maximum absolute atomic E-state index is 12.7. The van der Waals surface area contributed by atoms with E-state index >= 15 is 0 Å². The van der Waals surface area contributed by atoms with Crippen molar-refractivity contribution in [1.82, 2.24) is 14.9 Å². The minimum atomic E-state index is -0.0527. The lowest BCUT2D eigenvalue weighted by molar-refractivity contribution is -0.122. The lowest BCUT2D eigenvalue weighted by Gasteiger charge is -2.18. The fraction of sp³-hybridized carbons (Fsp3) is 0.348. The number of rotatable bonds is 5. The number of amides is 2. The molecule has 0 bridgehead atoms. The molecule has 0 spiro atoms. The molecule has 1 fully saturated rings. The zero-order chi connectivity index (χ0) is 20.5. The SMILES string of the molecule is Cc1ccc(N2C[C@H](c3nc4ccccc4n3CC(=O)NC(C)C)CC2=O)cc1.